The second-order valence-corrected chi connectivity index (χ2v) is 7.44. The highest BCUT2D eigenvalue weighted by atomic mass is 16.5. The summed E-state index contributed by atoms with van der Waals surface area (Å²) in [6.07, 6.45) is 5.32. The molecular weight excluding hydrogens is 300 g/mol. The van der Waals surface area contributed by atoms with Gasteiger partial charge in [-0.15, -0.1) is 5.92 Å². The van der Waals surface area contributed by atoms with Crippen LogP contribution in [0, 0.1) is 17.8 Å². The van der Waals surface area contributed by atoms with Crippen LogP contribution in [0.4, 0.5) is 0 Å². The van der Waals surface area contributed by atoms with Gasteiger partial charge in [-0.3, -0.25) is 0 Å². The van der Waals surface area contributed by atoms with Crippen LogP contribution in [0.1, 0.15) is 57.1 Å². The number of aliphatic hydroxyl groups is 1. The van der Waals surface area contributed by atoms with E-state index in [0.29, 0.717) is 30.4 Å². The van der Waals surface area contributed by atoms with Gasteiger partial charge in [0.25, 0.3) is 0 Å². The number of phenolic OH excluding ortho intramolecular Hbond substituents is 1. The minimum atomic E-state index is -0.248. The lowest BCUT2D eigenvalue weighted by molar-refractivity contribution is 0.00754. The van der Waals surface area contributed by atoms with E-state index in [1.54, 1.807) is 0 Å². The second kappa shape index (κ2) is 6.53. The SMILES string of the molecule is CC1=CC[C@@H]2[C@@H](C1)c1c(O)cc(CC#CCCO)cc1OC2(C)C. The number of hydrogen-bond donors (Lipinski definition) is 2. The molecule has 0 spiro atoms. The molecule has 0 saturated heterocycles. The van der Waals surface area contributed by atoms with E-state index >= 15 is 0 Å². The summed E-state index contributed by atoms with van der Waals surface area (Å²) in [7, 11) is 0. The van der Waals surface area contributed by atoms with Crippen LogP contribution in [0.3, 0.4) is 0 Å². The summed E-state index contributed by atoms with van der Waals surface area (Å²) < 4.78 is 6.30. The molecule has 24 heavy (non-hydrogen) atoms. The van der Waals surface area contributed by atoms with Crippen molar-refractivity contribution < 1.29 is 14.9 Å². The van der Waals surface area contributed by atoms with Gasteiger partial charge in [-0.1, -0.05) is 17.6 Å². The molecule has 1 heterocycles. The zero-order valence-electron chi connectivity index (χ0n) is 14.7. The Morgan fingerprint density at radius 1 is 1.29 bits per heavy atom. The van der Waals surface area contributed by atoms with Crippen LogP contribution >= 0.6 is 0 Å². The first-order valence-electron chi connectivity index (χ1n) is 8.69. The lowest BCUT2D eigenvalue weighted by Crippen LogP contribution is -2.45. The first kappa shape index (κ1) is 16.9. The maximum Gasteiger partial charge on any atom is 0.127 e. The molecule has 3 heteroatoms. The number of hydrogen-bond acceptors (Lipinski definition) is 3. The predicted octanol–water partition coefficient (Wildman–Crippen LogP) is 3.93. The van der Waals surface area contributed by atoms with Crippen LogP contribution in [-0.4, -0.2) is 22.4 Å². The molecule has 2 N–H and O–H groups in total. The van der Waals surface area contributed by atoms with Crippen LogP contribution in [0.2, 0.25) is 0 Å². The van der Waals surface area contributed by atoms with Crippen molar-refractivity contribution in [3.05, 3.63) is 34.9 Å². The minimum absolute atomic E-state index is 0.0790. The summed E-state index contributed by atoms with van der Waals surface area (Å²) in [5.74, 6) is 7.77. The van der Waals surface area contributed by atoms with Gasteiger partial charge in [-0.2, -0.15) is 0 Å². The van der Waals surface area contributed by atoms with E-state index in [4.69, 9.17) is 9.84 Å². The van der Waals surface area contributed by atoms with Crippen LogP contribution in [0.15, 0.2) is 23.8 Å². The molecule has 0 saturated carbocycles. The number of phenols is 1. The Kier molecular flexibility index (Phi) is 4.60. The van der Waals surface area contributed by atoms with Gasteiger partial charge in [0.15, 0.2) is 0 Å². The molecule has 0 radical (unpaired) electrons. The minimum Gasteiger partial charge on any atom is -0.508 e. The molecule has 0 aromatic heterocycles. The Hall–Kier alpha value is -1.92. The van der Waals surface area contributed by atoms with E-state index in [1.165, 1.54) is 5.57 Å². The predicted molar refractivity (Wildman–Crippen MR) is 95.2 cm³/mol. The second-order valence-electron chi connectivity index (χ2n) is 7.44. The normalized spacial score (nSPS) is 23.9. The van der Waals surface area contributed by atoms with E-state index in [1.807, 2.05) is 12.1 Å². The molecule has 3 nitrogen and oxygen atoms in total. The molecule has 0 fully saturated rings. The third kappa shape index (κ3) is 3.16. The third-order valence-electron chi connectivity index (χ3n) is 5.22. The van der Waals surface area contributed by atoms with E-state index in [0.717, 1.165) is 29.7 Å². The molecule has 0 amide bonds. The number of ether oxygens (including phenoxy) is 1. The van der Waals surface area contributed by atoms with Gasteiger partial charge < -0.3 is 14.9 Å². The molecule has 128 valence electrons. The largest absolute Gasteiger partial charge is 0.508 e. The van der Waals surface area contributed by atoms with E-state index in [9.17, 15) is 5.11 Å². The Balaban J connectivity index is 1.96. The summed E-state index contributed by atoms with van der Waals surface area (Å²) in [5.41, 5.74) is 3.05. The Labute approximate surface area is 144 Å². The molecule has 0 unspecified atom stereocenters. The van der Waals surface area contributed by atoms with Crippen LogP contribution < -0.4 is 4.74 Å². The van der Waals surface area contributed by atoms with Crippen molar-refractivity contribution in [3.63, 3.8) is 0 Å². The number of aromatic hydroxyl groups is 1. The van der Waals surface area contributed by atoms with Crippen LogP contribution in [-0.2, 0) is 6.42 Å². The lowest BCUT2D eigenvalue weighted by atomic mass is 9.67. The number of allylic oxidation sites excluding steroid dienone is 2. The molecule has 3 rings (SSSR count). The fourth-order valence-corrected chi connectivity index (χ4v) is 4.03. The smallest absolute Gasteiger partial charge is 0.127 e. The summed E-state index contributed by atoms with van der Waals surface area (Å²) >= 11 is 0. The number of fused-ring (bicyclic) bond motifs is 3. The highest BCUT2D eigenvalue weighted by molar-refractivity contribution is 5.53. The van der Waals surface area contributed by atoms with Gasteiger partial charge in [-0.25, -0.2) is 0 Å². The molecule has 2 aliphatic rings. The summed E-state index contributed by atoms with van der Waals surface area (Å²) in [6, 6.07) is 3.84. The average molecular weight is 326 g/mol. The summed E-state index contributed by atoms with van der Waals surface area (Å²) in [4.78, 5) is 0. The monoisotopic (exact) mass is 326 g/mol. The van der Waals surface area contributed by atoms with Gasteiger partial charge >= 0.3 is 0 Å². The Morgan fingerprint density at radius 3 is 2.83 bits per heavy atom. The number of aliphatic hydroxyl groups excluding tert-OH is 1. The lowest BCUT2D eigenvalue weighted by Gasteiger charge is -2.47. The van der Waals surface area contributed by atoms with Crippen molar-refractivity contribution in [3.8, 4) is 23.3 Å². The molecule has 1 aromatic carbocycles. The van der Waals surface area contributed by atoms with E-state index in [-0.39, 0.29) is 12.2 Å². The maximum absolute atomic E-state index is 10.6. The summed E-state index contributed by atoms with van der Waals surface area (Å²) in [5, 5.41) is 19.4. The van der Waals surface area contributed by atoms with Crippen molar-refractivity contribution in [2.45, 2.75) is 58.0 Å². The molecule has 0 bridgehead atoms. The zero-order valence-corrected chi connectivity index (χ0v) is 14.7. The van der Waals surface area contributed by atoms with E-state index in [2.05, 4.69) is 38.7 Å². The van der Waals surface area contributed by atoms with Crippen LogP contribution in [0.5, 0.6) is 11.5 Å². The average Bonchev–Trinajstić information content (AvgIpc) is 2.50. The zero-order chi connectivity index (χ0) is 17.3. The van der Waals surface area contributed by atoms with Crippen LogP contribution in [0.25, 0.3) is 0 Å². The summed E-state index contributed by atoms with van der Waals surface area (Å²) in [6.45, 7) is 6.54. The van der Waals surface area contributed by atoms with Gasteiger partial charge in [0, 0.05) is 30.2 Å². The van der Waals surface area contributed by atoms with E-state index < -0.39 is 0 Å². The molecule has 1 aliphatic carbocycles. The highest BCUT2D eigenvalue weighted by Gasteiger charge is 2.45. The molecule has 1 aliphatic heterocycles. The van der Waals surface area contributed by atoms with Crippen molar-refractivity contribution in [1.29, 1.82) is 0 Å². The Morgan fingerprint density at radius 2 is 2.08 bits per heavy atom. The quantitative estimate of drug-likeness (QED) is 0.639. The fraction of sp³-hybridized carbons (Fsp3) is 0.524. The molecule has 2 atom stereocenters. The fourth-order valence-electron chi connectivity index (χ4n) is 4.03. The number of rotatable bonds is 2. The van der Waals surface area contributed by atoms with Crippen molar-refractivity contribution in [2.75, 3.05) is 6.61 Å². The van der Waals surface area contributed by atoms with Gasteiger partial charge in [0.1, 0.15) is 17.1 Å². The standard InChI is InChI=1S/C21H26O3/c1-14-8-9-17-16(11-14)20-18(23)12-15(7-5-4-6-10-22)13-19(20)24-21(17,2)3/h8,12-13,16-17,22-23H,6-7,9-11H2,1-3H3/t16-,17-/m1/s1. The van der Waals surface area contributed by atoms with Gasteiger partial charge in [-0.05, 0) is 51.3 Å². The van der Waals surface area contributed by atoms with Crippen molar-refractivity contribution in [1.82, 2.24) is 0 Å². The first-order valence-corrected chi connectivity index (χ1v) is 8.69. The number of benzene rings is 1. The van der Waals surface area contributed by atoms with Gasteiger partial charge in [0.2, 0.25) is 0 Å². The van der Waals surface area contributed by atoms with Gasteiger partial charge in [0.05, 0.1) is 6.61 Å². The highest BCUT2D eigenvalue weighted by Crippen LogP contribution is 2.54. The molecule has 1 aromatic rings. The third-order valence-corrected chi connectivity index (χ3v) is 5.22. The molecular formula is C21H26O3. The van der Waals surface area contributed by atoms with Crippen molar-refractivity contribution >= 4 is 0 Å². The topological polar surface area (TPSA) is 49.7 Å². The maximum atomic E-state index is 10.6. The first-order chi connectivity index (χ1) is 11.4. The van der Waals surface area contributed by atoms with Crippen molar-refractivity contribution in [2.24, 2.45) is 5.92 Å². The Bertz CT molecular complexity index is 719.